The molecule has 1 aliphatic rings. The number of aliphatic carboxylic acids is 1. The second kappa shape index (κ2) is 4.31. The lowest BCUT2D eigenvalue weighted by molar-refractivity contribution is -0.138. The Morgan fingerprint density at radius 2 is 1.65 bits per heavy atom. The maximum absolute atomic E-state index is 12.2. The standard InChI is InChI=1S/C13H23NO3/c1-12(2)10(13(12,3)4)11(17)14(5)8-6-7-9(15)16/h10H,6-8H2,1-5H3,(H,15,16). The number of rotatable bonds is 5. The first kappa shape index (κ1) is 14.0. The SMILES string of the molecule is CN(CCCC(=O)O)C(=O)C1C(C)(C)C1(C)C. The third kappa shape index (κ3) is 2.45. The van der Waals surface area contributed by atoms with Gasteiger partial charge in [0.25, 0.3) is 0 Å². The molecule has 4 nitrogen and oxygen atoms in total. The molecule has 0 aromatic heterocycles. The summed E-state index contributed by atoms with van der Waals surface area (Å²) in [5, 5.41) is 8.55. The van der Waals surface area contributed by atoms with Gasteiger partial charge in [-0.25, -0.2) is 0 Å². The molecule has 0 unspecified atom stereocenters. The molecule has 1 saturated carbocycles. The molecule has 0 atom stereocenters. The average Bonchev–Trinajstić information content (AvgIpc) is 2.55. The van der Waals surface area contributed by atoms with Crippen LogP contribution >= 0.6 is 0 Å². The van der Waals surface area contributed by atoms with Gasteiger partial charge in [0.05, 0.1) is 0 Å². The quantitative estimate of drug-likeness (QED) is 0.800. The van der Waals surface area contributed by atoms with E-state index >= 15 is 0 Å². The van der Waals surface area contributed by atoms with Crippen molar-refractivity contribution >= 4 is 11.9 Å². The van der Waals surface area contributed by atoms with E-state index in [1.54, 1.807) is 11.9 Å². The first-order valence-corrected chi connectivity index (χ1v) is 6.09. The van der Waals surface area contributed by atoms with Gasteiger partial charge in [-0.2, -0.15) is 0 Å². The molecular weight excluding hydrogens is 218 g/mol. The van der Waals surface area contributed by atoms with Crippen LogP contribution in [0.15, 0.2) is 0 Å². The Bertz CT molecular complexity index is 320. The van der Waals surface area contributed by atoms with E-state index in [1.165, 1.54) is 0 Å². The highest BCUT2D eigenvalue weighted by Gasteiger charge is 2.68. The Kier molecular flexibility index (Phi) is 3.55. The minimum atomic E-state index is -0.807. The molecule has 0 radical (unpaired) electrons. The minimum absolute atomic E-state index is 0.0468. The summed E-state index contributed by atoms with van der Waals surface area (Å²) in [4.78, 5) is 24.3. The molecule has 0 aliphatic heterocycles. The van der Waals surface area contributed by atoms with Crippen LogP contribution < -0.4 is 0 Å². The normalized spacial score (nSPS) is 21.0. The van der Waals surface area contributed by atoms with Crippen molar-refractivity contribution < 1.29 is 14.7 Å². The van der Waals surface area contributed by atoms with Crippen LogP contribution in [0.25, 0.3) is 0 Å². The monoisotopic (exact) mass is 241 g/mol. The van der Waals surface area contributed by atoms with Crippen LogP contribution in [-0.2, 0) is 9.59 Å². The van der Waals surface area contributed by atoms with Gasteiger partial charge < -0.3 is 10.0 Å². The van der Waals surface area contributed by atoms with Crippen LogP contribution in [0.4, 0.5) is 0 Å². The highest BCUT2D eigenvalue weighted by Crippen LogP contribution is 2.68. The Balaban J connectivity index is 2.47. The zero-order chi connectivity index (χ0) is 13.4. The fourth-order valence-corrected chi connectivity index (χ4v) is 2.61. The van der Waals surface area contributed by atoms with Crippen LogP contribution in [0, 0.1) is 16.7 Å². The predicted molar refractivity (Wildman–Crippen MR) is 65.6 cm³/mol. The van der Waals surface area contributed by atoms with E-state index < -0.39 is 5.97 Å². The Labute approximate surface area is 103 Å². The fourth-order valence-electron chi connectivity index (χ4n) is 2.61. The zero-order valence-electron chi connectivity index (χ0n) is 11.4. The summed E-state index contributed by atoms with van der Waals surface area (Å²) in [7, 11) is 1.76. The molecule has 0 heterocycles. The zero-order valence-corrected chi connectivity index (χ0v) is 11.4. The van der Waals surface area contributed by atoms with Crippen molar-refractivity contribution in [2.75, 3.05) is 13.6 Å². The summed E-state index contributed by atoms with van der Waals surface area (Å²) in [6.07, 6.45) is 0.639. The molecule has 0 aromatic rings. The van der Waals surface area contributed by atoms with Gasteiger partial charge in [0, 0.05) is 25.9 Å². The van der Waals surface area contributed by atoms with Gasteiger partial charge in [-0.3, -0.25) is 9.59 Å². The average molecular weight is 241 g/mol. The summed E-state index contributed by atoms with van der Waals surface area (Å²) in [6, 6.07) is 0. The molecule has 1 fully saturated rings. The molecule has 4 heteroatoms. The van der Waals surface area contributed by atoms with Crippen molar-refractivity contribution in [3.63, 3.8) is 0 Å². The van der Waals surface area contributed by atoms with Crippen LogP contribution in [0.3, 0.4) is 0 Å². The summed E-state index contributed by atoms with van der Waals surface area (Å²) < 4.78 is 0. The lowest BCUT2D eigenvalue weighted by Crippen LogP contribution is -2.31. The third-order valence-electron chi connectivity index (χ3n) is 4.53. The maximum Gasteiger partial charge on any atom is 0.303 e. The van der Waals surface area contributed by atoms with E-state index in [0.717, 1.165) is 0 Å². The smallest absolute Gasteiger partial charge is 0.303 e. The number of nitrogens with zero attached hydrogens (tertiary/aromatic N) is 1. The first-order chi connectivity index (χ1) is 7.62. The Morgan fingerprint density at radius 3 is 2.00 bits per heavy atom. The molecule has 1 N–H and O–H groups in total. The molecule has 1 rings (SSSR count). The lowest BCUT2D eigenvalue weighted by atomic mass is 10.0. The number of carboxylic acid groups (broad SMARTS) is 1. The van der Waals surface area contributed by atoms with E-state index in [0.29, 0.717) is 13.0 Å². The van der Waals surface area contributed by atoms with Gasteiger partial charge in [0.15, 0.2) is 0 Å². The summed E-state index contributed by atoms with van der Waals surface area (Å²) in [6.45, 7) is 8.97. The first-order valence-electron chi connectivity index (χ1n) is 6.09. The van der Waals surface area contributed by atoms with Crippen molar-refractivity contribution in [2.24, 2.45) is 16.7 Å². The Hall–Kier alpha value is -1.06. The van der Waals surface area contributed by atoms with Gasteiger partial charge in [0.2, 0.25) is 5.91 Å². The molecule has 0 saturated heterocycles. The van der Waals surface area contributed by atoms with E-state index in [4.69, 9.17) is 5.11 Å². The highest BCUT2D eigenvalue weighted by atomic mass is 16.4. The number of amides is 1. The summed E-state index contributed by atoms with van der Waals surface area (Å²) >= 11 is 0. The van der Waals surface area contributed by atoms with Crippen molar-refractivity contribution in [1.82, 2.24) is 4.90 Å². The van der Waals surface area contributed by atoms with Crippen LogP contribution in [0.5, 0.6) is 0 Å². The molecule has 0 aromatic carbocycles. The van der Waals surface area contributed by atoms with Gasteiger partial charge in [-0.15, -0.1) is 0 Å². The second-order valence-corrected chi connectivity index (χ2v) is 6.13. The predicted octanol–water partition coefficient (Wildman–Crippen LogP) is 1.99. The second-order valence-electron chi connectivity index (χ2n) is 6.13. The molecule has 1 aliphatic carbocycles. The number of hydrogen-bond donors (Lipinski definition) is 1. The van der Waals surface area contributed by atoms with Gasteiger partial charge >= 0.3 is 5.97 Å². The Morgan fingerprint density at radius 1 is 1.18 bits per heavy atom. The number of hydrogen-bond acceptors (Lipinski definition) is 2. The largest absolute Gasteiger partial charge is 0.481 e. The van der Waals surface area contributed by atoms with Crippen molar-refractivity contribution in [1.29, 1.82) is 0 Å². The van der Waals surface area contributed by atoms with E-state index in [9.17, 15) is 9.59 Å². The van der Waals surface area contributed by atoms with Crippen LogP contribution in [0.2, 0.25) is 0 Å². The van der Waals surface area contributed by atoms with Crippen LogP contribution in [-0.4, -0.2) is 35.5 Å². The fraction of sp³-hybridized carbons (Fsp3) is 0.846. The minimum Gasteiger partial charge on any atom is -0.481 e. The van der Waals surface area contributed by atoms with Gasteiger partial charge in [-0.1, -0.05) is 27.7 Å². The molecular formula is C13H23NO3. The topological polar surface area (TPSA) is 57.6 Å². The van der Waals surface area contributed by atoms with Crippen LogP contribution in [0.1, 0.15) is 40.5 Å². The highest BCUT2D eigenvalue weighted by molar-refractivity contribution is 5.84. The van der Waals surface area contributed by atoms with Gasteiger partial charge in [0.1, 0.15) is 0 Å². The van der Waals surface area contributed by atoms with Crippen molar-refractivity contribution in [3.8, 4) is 0 Å². The third-order valence-corrected chi connectivity index (χ3v) is 4.53. The van der Waals surface area contributed by atoms with E-state index in [1.807, 2.05) is 0 Å². The van der Waals surface area contributed by atoms with E-state index in [-0.39, 0.29) is 29.1 Å². The lowest BCUT2D eigenvalue weighted by Gasteiger charge is -2.17. The molecule has 1 amide bonds. The molecule has 0 spiro atoms. The number of carbonyl (C=O) groups is 2. The molecule has 0 bridgehead atoms. The number of carboxylic acids is 1. The summed E-state index contributed by atoms with van der Waals surface area (Å²) in [5.74, 6) is -0.604. The molecule has 17 heavy (non-hydrogen) atoms. The number of carbonyl (C=O) groups excluding carboxylic acids is 1. The molecule has 98 valence electrons. The van der Waals surface area contributed by atoms with Crippen molar-refractivity contribution in [3.05, 3.63) is 0 Å². The van der Waals surface area contributed by atoms with Crippen molar-refractivity contribution in [2.45, 2.75) is 40.5 Å². The van der Waals surface area contributed by atoms with Gasteiger partial charge in [-0.05, 0) is 17.3 Å². The maximum atomic E-state index is 12.2. The van der Waals surface area contributed by atoms with E-state index in [2.05, 4.69) is 27.7 Å². The summed E-state index contributed by atoms with van der Waals surface area (Å²) in [5.41, 5.74) is 0.0935.